The molecule has 12 heteroatoms. The average Bonchev–Trinajstić information content (AvgIpc) is 2.92. The van der Waals surface area contributed by atoms with E-state index in [1.165, 1.54) is 6.08 Å². The van der Waals surface area contributed by atoms with Crippen LogP contribution >= 0.6 is 41.4 Å². The SMILES string of the molecule is CO.COC(COP(S)OC1C(C)SSC1(C)C)CN(C)/C=C\C(=O)NC=O. The molecule has 1 aliphatic rings. The van der Waals surface area contributed by atoms with Crippen molar-refractivity contribution in [1.29, 1.82) is 0 Å². The summed E-state index contributed by atoms with van der Waals surface area (Å²) in [6, 6.07) is 0. The molecule has 0 aromatic heterocycles. The van der Waals surface area contributed by atoms with E-state index in [-0.39, 0.29) is 17.0 Å². The maximum absolute atomic E-state index is 11.2. The van der Waals surface area contributed by atoms with Gasteiger partial charge in [0.2, 0.25) is 14.0 Å². The number of methoxy groups -OCH3 is 1. The van der Waals surface area contributed by atoms with Gasteiger partial charge >= 0.3 is 0 Å². The van der Waals surface area contributed by atoms with Crippen molar-refractivity contribution in [2.75, 3.05) is 34.4 Å². The molecule has 0 saturated carbocycles. The fourth-order valence-corrected chi connectivity index (χ4v) is 7.00. The number of imide groups is 1. The van der Waals surface area contributed by atoms with E-state index < -0.39 is 13.5 Å². The minimum Gasteiger partial charge on any atom is -0.400 e. The molecule has 0 aromatic carbocycles. The number of likely N-dealkylation sites (N-methyl/N-ethyl adjacent to an activating group) is 1. The van der Waals surface area contributed by atoms with Gasteiger partial charge in [-0.15, -0.1) is 0 Å². The quantitative estimate of drug-likeness (QED) is 0.137. The number of thiol groups is 1. The summed E-state index contributed by atoms with van der Waals surface area (Å²) in [5, 5.41) is 9.41. The molecule has 1 saturated heterocycles. The molecule has 2 amide bonds. The Morgan fingerprint density at radius 3 is 2.61 bits per heavy atom. The molecule has 4 atom stereocenters. The van der Waals surface area contributed by atoms with Crippen LogP contribution in [-0.2, 0) is 23.4 Å². The van der Waals surface area contributed by atoms with Crippen LogP contribution < -0.4 is 5.32 Å². The van der Waals surface area contributed by atoms with Gasteiger partial charge in [-0.3, -0.25) is 14.9 Å². The molecule has 1 fully saturated rings. The van der Waals surface area contributed by atoms with E-state index in [0.29, 0.717) is 24.8 Å². The molecule has 28 heavy (non-hydrogen) atoms. The highest BCUT2D eigenvalue weighted by atomic mass is 33.1. The first-order valence-electron chi connectivity index (χ1n) is 8.43. The normalized spacial score (nSPS) is 22.9. The van der Waals surface area contributed by atoms with E-state index >= 15 is 0 Å². The summed E-state index contributed by atoms with van der Waals surface area (Å²) >= 11 is 4.45. The first-order valence-corrected chi connectivity index (χ1v) is 13.0. The third-order valence-corrected chi connectivity index (χ3v) is 8.81. The van der Waals surface area contributed by atoms with Gasteiger partial charge in [0.05, 0.1) is 18.8 Å². The number of carbonyl (C=O) groups is 2. The zero-order valence-corrected chi connectivity index (χ0v) is 20.4. The molecule has 0 bridgehead atoms. The van der Waals surface area contributed by atoms with Gasteiger partial charge in [0.1, 0.15) is 0 Å². The topological polar surface area (TPSA) is 97.3 Å². The molecular formula is C16H31N2O6PS3. The minimum atomic E-state index is -1.31. The number of rotatable bonds is 11. The van der Waals surface area contributed by atoms with Crippen molar-refractivity contribution in [3.63, 3.8) is 0 Å². The molecule has 8 nitrogen and oxygen atoms in total. The molecule has 0 aliphatic carbocycles. The van der Waals surface area contributed by atoms with Crippen molar-refractivity contribution >= 4 is 53.7 Å². The second-order valence-corrected chi connectivity index (χ2v) is 11.4. The highest BCUT2D eigenvalue weighted by molar-refractivity contribution is 8.77. The second-order valence-electron chi connectivity index (χ2n) is 6.29. The molecule has 1 rings (SSSR count). The van der Waals surface area contributed by atoms with Crippen LogP contribution in [0.1, 0.15) is 20.8 Å². The van der Waals surface area contributed by atoms with Gasteiger partial charge in [0.25, 0.3) is 5.91 Å². The van der Waals surface area contributed by atoms with Crippen molar-refractivity contribution in [3.8, 4) is 0 Å². The first kappa shape index (κ1) is 28.0. The standard InChI is InChI=1S/C15H27N2O5PS3.CH4O/c1-11-14(15(2,3)26-25-11)22-23(24)21-9-12(20-5)8-17(4)7-6-13(19)16-10-18;1-2/h6-7,10-12,14,24H,8-9H2,1-5H3,(H,16,18,19);2H,1H3/b7-6-;. The zero-order chi connectivity index (χ0) is 21.7. The van der Waals surface area contributed by atoms with Gasteiger partial charge in [-0.2, -0.15) is 0 Å². The number of aliphatic hydroxyl groups is 1. The van der Waals surface area contributed by atoms with Crippen molar-refractivity contribution in [1.82, 2.24) is 10.2 Å². The van der Waals surface area contributed by atoms with Crippen LogP contribution in [-0.4, -0.2) is 78.9 Å². The lowest BCUT2D eigenvalue weighted by molar-refractivity contribution is -0.121. The number of nitrogens with one attached hydrogen (secondary N) is 1. The lowest BCUT2D eigenvalue weighted by atomic mass is 10.0. The Morgan fingerprint density at radius 1 is 1.46 bits per heavy atom. The number of nitrogens with zero attached hydrogens (tertiary/aromatic N) is 1. The van der Waals surface area contributed by atoms with Crippen molar-refractivity contribution < 1.29 is 28.5 Å². The Hall–Kier alpha value is -0.000000000000000222. The Balaban J connectivity index is 0.00000352. The molecule has 1 heterocycles. The van der Waals surface area contributed by atoms with Crippen molar-refractivity contribution in [2.24, 2.45) is 0 Å². The van der Waals surface area contributed by atoms with Crippen LogP contribution in [0, 0.1) is 0 Å². The van der Waals surface area contributed by atoms with Gasteiger partial charge in [0.15, 0.2) is 0 Å². The van der Waals surface area contributed by atoms with Gasteiger partial charge in [0, 0.05) is 50.1 Å². The maximum atomic E-state index is 11.2. The minimum absolute atomic E-state index is 0.0184. The first-order chi connectivity index (χ1) is 13.2. The second kappa shape index (κ2) is 14.9. The Kier molecular flexibility index (Phi) is 14.9. The van der Waals surface area contributed by atoms with E-state index in [1.807, 2.05) is 26.9 Å². The highest BCUT2D eigenvalue weighted by Gasteiger charge is 2.44. The van der Waals surface area contributed by atoms with E-state index in [9.17, 15) is 9.59 Å². The van der Waals surface area contributed by atoms with E-state index in [4.69, 9.17) is 18.9 Å². The lowest BCUT2D eigenvalue weighted by Gasteiger charge is -2.29. The Labute approximate surface area is 182 Å². The van der Waals surface area contributed by atoms with E-state index in [1.54, 1.807) is 25.3 Å². The van der Waals surface area contributed by atoms with Crippen molar-refractivity contribution in [2.45, 2.75) is 43.0 Å². The molecule has 164 valence electrons. The highest BCUT2D eigenvalue weighted by Crippen LogP contribution is 2.57. The summed E-state index contributed by atoms with van der Waals surface area (Å²) in [5.74, 6) is -0.478. The van der Waals surface area contributed by atoms with E-state index in [0.717, 1.165) is 7.11 Å². The number of carbonyl (C=O) groups excluding carboxylic acids is 2. The molecule has 0 spiro atoms. The predicted molar refractivity (Wildman–Crippen MR) is 120 cm³/mol. The summed E-state index contributed by atoms with van der Waals surface area (Å²) in [7, 11) is 6.73. The van der Waals surface area contributed by atoms with Crippen molar-refractivity contribution in [3.05, 3.63) is 12.3 Å². The van der Waals surface area contributed by atoms with Crippen LogP contribution in [0.3, 0.4) is 0 Å². The number of aliphatic hydroxyl groups excluding tert-OH is 1. The largest absolute Gasteiger partial charge is 0.400 e. The fraction of sp³-hybridized carbons (Fsp3) is 0.750. The van der Waals surface area contributed by atoms with Gasteiger partial charge in [-0.05, 0) is 20.8 Å². The molecule has 0 radical (unpaired) electrons. The van der Waals surface area contributed by atoms with Gasteiger partial charge in [-0.1, -0.05) is 33.8 Å². The summed E-state index contributed by atoms with van der Waals surface area (Å²) in [4.78, 5) is 23.2. The molecule has 2 N–H and O–H groups in total. The average molecular weight is 475 g/mol. The molecule has 4 unspecified atom stereocenters. The fourth-order valence-electron chi connectivity index (χ4n) is 2.23. The van der Waals surface area contributed by atoms with Crippen LogP contribution in [0.5, 0.6) is 0 Å². The predicted octanol–water partition coefficient (Wildman–Crippen LogP) is 2.45. The third-order valence-electron chi connectivity index (χ3n) is 3.61. The number of ether oxygens (including phenoxy) is 1. The molecule has 0 aromatic rings. The summed E-state index contributed by atoms with van der Waals surface area (Å²) in [6.45, 7) is 7.31. The Morgan fingerprint density at radius 2 is 2.11 bits per heavy atom. The monoisotopic (exact) mass is 474 g/mol. The van der Waals surface area contributed by atoms with Crippen LogP contribution in [0.15, 0.2) is 12.3 Å². The van der Waals surface area contributed by atoms with Crippen LogP contribution in [0.2, 0.25) is 0 Å². The summed E-state index contributed by atoms with van der Waals surface area (Å²) < 4.78 is 17.2. The van der Waals surface area contributed by atoms with Crippen LogP contribution in [0.4, 0.5) is 0 Å². The van der Waals surface area contributed by atoms with Gasteiger partial charge in [-0.25, -0.2) is 0 Å². The molecular weight excluding hydrogens is 443 g/mol. The molecule has 1 aliphatic heterocycles. The summed E-state index contributed by atoms with van der Waals surface area (Å²) in [5.41, 5.74) is 0. The van der Waals surface area contributed by atoms with Gasteiger partial charge < -0.3 is 23.8 Å². The number of hydrogen-bond acceptors (Lipinski definition) is 10. The maximum Gasteiger partial charge on any atom is 0.251 e. The third kappa shape index (κ3) is 10.7. The Bertz CT molecular complexity index is 501. The van der Waals surface area contributed by atoms with Crippen LogP contribution in [0.25, 0.3) is 0 Å². The van der Waals surface area contributed by atoms with E-state index in [2.05, 4.69) is 33.0 Å². The number of hydrogen-bond donors (Lipinski definition) is 3. The smallest absolute Gasteiger partial charge is 0.251 e. The summed E-state index contributed by atoms with van der Waals surface area (Å²) in [6.07, 6.45) is 3.05. The lowest BCUT2D eigenvalue weighted by Crippen LogP contribution is -2.35. The number of amides is 2. The zero-order valence-electron chi connectivity index (χ0n) is 17.0.